The Hall–Kier alpha value is -3.34. The van der Waals surface area contributed by atoms with Crippen LogP contribution >= 0.6 is 0 Å². The van der Waals surface area contributed by atoms with Crippen molar-refractivity contribution in [3.63, 3.8) is 0 Å². The second-order valence-corrected chi connectivity index (χ2v) is 9.32. The topological polar surface area (TPSA) is 56.3 Å². The van der Waals surface area contributed by atoms with Crippen LogP contribution < -0.4 is 0 Å². The molecule has 0 amide bonds. The van der Waals surface area contributed by atoms with Gasteiger partial charge in [-0.3, -0.25) is 0 Å². The fourth-order valence-electron chi connectivity index (χ4n) is 3.09. The third-order valence-electron chi connectivity index (χ3n) is 3.90. The van der Waals surface area contributed by atoms with E-state index in [0.717, 1.165) is 11.1 Å². The summed E-state index contributed by atoms with van der Waals surface area (Å²) in [4.78, 5) is 6.76. The van der Waals surface area contributed by atoms with E-state index in [2.05, 4.69) is 37.4 Å². The summed E-state index contributed by atoms with van der Waals surface area (Å²) in [6.07, 6.45) is 0. The van der Waals surface area contributed by atoms with Crippen molar-refractivity contribution in [1.29, 1.82) is 10.5 Å². The van der Waals surface area contributed by atoms with E-state index in [1.807, 2.05) is 57.2 Å². The lowest BCUT2D eigenvalue weighted by atomic mass is 9.73. The number of nitrogens with zero attached hydrogens (tertiary/aromatic N) is 4. The molecule has 0 spiro atoms. The van der Waals surface area contributed by atoms with Crippen LogP contribution in [0.1, 0.15) is 59.6 Å². The molecule has 1 aliphatic rings. The van der Waals surface area contributed by atoms with Crippen LogP contribution in [0.3, 0.4) is 0 Å². The van der Waals surface area contributed by atoms with E-state index in [4.69, 9.17) is 13.1 Å². The van der Waals surface area contributed by atoms with Gasteiger partial charge in [0.05, 0.1) is 25.3 Å². The number of fused-ring (bicyclic) bond motifs is 1. The molecule has 0 saturated heterocycles. The SMILES string of the molecule is CC(C)(C)C.[C-]#[N+]/C(C#N)=C1/c2ccccc2/C(=C(\C#N)[N+]#[C-])C1C(C)(C)C. The molecule has 28 heavy (non-hydrogen) atoms. The molecule has 142 valence electrons. The Balaban J connectivity index is 0.000000696. The van der Waals surface area contributed by atoms with E-state index in [9.17, 15) is 10.5 Å². The fourth-order valence-corrected chi connectivity index (χ4v) is 3.09. The summed E-state index contributed by atoms with van der Waals surface area (Å²) in [5.41, 5.74) is 2.99. The lowest BCUT2D eigenvalue weighted by Gasteiger charge is -2.30. The minimum Gasteiger partial charge on any atom is -0.226 e. The molecule has 0 aliphatic heterocycles. The van der Waals surface area contributed by atoms with Gasteiger partial charge in [-0.2, -0.15) is 0 Å². The van der Waals surface area contributed by atoms with E-state index in [-0.39, 0.29) is 22.7 Å². The summed E-state index contributed by atoms with van der Waals surface area (Å²) in [7, 11) is 0. The van der Waals surface area contributed by atoms with E-state index >= 15 is 0 Å². The highest BCUT2D eigenvalue weighted by Gasteiger charge is 2.42. The van der Waals surface area contributed by atoms with E-state index in [0.29, 0.717) is 16.6 Å². The molecule has 0 saturated carbocycles. The molecule has 0 radical (unpaired) electrons. The average Bonchev–Trinajstić information content (AvgIpc) is 2.92. The third-order valence-corrected chi connectivity index (χ3v) is 3.90. The second kappa shape index (κ2) is 8.57. The molecule has 4 heteroatoms. The highest BCUT2D eigenvalue weighted by atomic mass is 14.7. The quantitative estimate of drug-likeness (QED) is 0.376. The van der Waals surface area contributed by atoms with Gasteiger partial charge in [0.15, 0.2) is 0 Å². The Morgan fingerprint density at radius 1 is 0.821 bits per heavy atom. The van der Waals surface area contributed by atoms with Gasteiger partial charge in [-0.1, -0.05) is 72.7 Å². The zero-order valence-corrected chi connectivity index (χ0v) is 17.7. The molecule has 0 unspecified atom stereocenters. The summed E-state index contributed by atoms with van der Waals surface area (Å²) in [5.74, 6) is -0.340. The molecule has 0 aromatic heterocycles. The van der Waals surface area contributed by atoms with Crippen molar-refractivity contribution in [2.45, 2.75) is 48.5 Å². The van der Waals surface area contributed by atoms with Gasteiger partial charge in [0.2, 0.25) is 0 Å². The lowest BCUT2D eigenvalue weighted by molar-refractivity contribution is 0.364. The first kappa shape index (κ1) is 22.7. The Labute approximate surface area is 169 Å². The highest BCUT2D eigenvalue weighted by Crippen LogP contribution is 2.55. The molecule has 0 N–H and O–H groups in total. The molecule has 0 atom stereocenters. The lowest BCUT2D eigenvalue weighted by Crippen LogP contribution is -2.20. The minimum atomic E-state index is -0.344. The summed E-state index contributed by atoms with van der Waals surface area (Å²) in [5, 5.41) is 18.7. The van der Waals surface area contributed by atoms with Crippen molar-refractivity contribution < 1.29 is 0 Å². The predicted molar refractivity (Wildman–Crippen MR) is 113 cm³/mol. The number of benzene rings is 1. The first-order chi connectivity index (χ1) is 12.9. The maximum absolute atomic E-state index is 9.37. The fraction of sp³-hybridized carbons (Fsp3) is 0.417. The van der Waals surface area contributed by atoms with E-state index in [1.165, 1.54) is 0 Å². The van der Waals surface area contributed by atoms with Crippen LogP contribution in [0.25, 0.3) is 20.8 Å². The molecular weight excluding hydrogens is 344 g/mol. The van der Waals surface area contributed by atoms with Gasteiger partial charge in [0.1, 0.15) is 0 Å². The van der Waals surface area contributed by atoms with Crippen LogP contribution in [-0.4, -0.2) is 0 Å². The summed E-state index contributed by atoms with van der Waals surface area (Å²) >= 11 is 0. The Morgan fingerprint density at radius 2 is 1.14 bits per heavy atom. The Bertz CT molecular complexity index is 875. The first-order valence-electron chi connectivity index (χ1n) is 9.04. The second-order valence-electron chi connectivity index (χ2n) is 9.32. The van der Waals surface area contributed by atoms with Gasteiger partial charge in [-0.15, -0.1) is 0 Å². The van der Waals surface area contributed by atoms with Crippen molar-refractivity contribution in [3.05, 3.63) is 69.6 Å². The minimum absolute atomic E-state index is 0.0228. The van der Waals surface area contributed by atoms with Gasteiger partial charge in [-0.25, -0.2) is 20.2 Å². The standard InChI is InChI=1S/C19H14N4.C5H12/c1-19(2,3)18-16(14(10-20)22-4)12-8-6-7-9-13(12)17(18)15(11-21)23-5;1-5(2,3)4/h6-9,18H,1-3H3;1-4H3/b16-14-,17-15-;. The van der Waals surface area contributed by atoms with Crippen LogP contribution in [0, 0.1) is 52.6 Å². The first-order valence-corrected chi connectivity index (χ1v) is 9.04. The van der Waals surface area contributed by atoms with Gasteiger partial charge >= 0.3 is 0 Å². The van der Waals surface area contributed by atoms with Gasteiger partial charge in [0, 0.05) is 0 Å². The number of allylic oxidation sites excluding steroid dienone is 4. The van der Waals surface area contributed by atoms with Crippen LogP contribution in [0.5, 0.6) is 0 Å². The predicted octanol–water partition coefficient (Wildman–Crippen LogP) is 6.72. The van der Waals surface area contributed by atoms with Gasteiger partial charge < -0.3 is 0 Å². The normalized spacial score (nSPS) is 18.9. The van der Waals surface area contributed by atoms with Crippen LogP contribution in [0.2, 0.25) is 0 Å². The number of nitriles is 2. The summed E-state index contributed by atoms with van der Waals surface area (Å²) < 4.78 is 0. The van der Waals surface area contributed by atoms with Crippen LogP contribution in [0.15, 0.2) is 35.7 Å². The van der Waals surface area contributed by atoms with E-state index in [1.54, 1.807) is 0 Å². The van der Waals surface area contributed by atoms with E-state index < -0.39 is 0 Å². The summed E-state index contributed by atoms with van der Waals surface area (Å²) in [6, 6.07) is 11.3. The van der Waals surface area contributed by atoms with Crippen molar-refractivity contribution in [3.8, 4) is 12.1 Å². The zero-order valence-electron chi connectivity index (χ0n) is 17.7. The number of hydrogen-bond donors (Lipinski definition) is 0. The van der Waals surface area contributed by atoms with Crippen molar-refractivity contribution in [2.24, 2.45) is 16.7 Å². The van der Waals surface area contributed by atoms with Crippen molar-refractivity contribution >= 4 is 11.1 Å². The van der Waals surface area contributed by atoms with Crippen molar-refractivity contribution in [2.75, 3.05) is 0 Å². The number of hydrogen-bond acceptors (Lipinski definition) is 2. The zero-order chi connectivity index (χ0) is 21.7. The molecule has 0 bridgehead atoms. The molecule has 0 fully saturated rings. The average molecular weight is 371 g/mol. The molecule has 1 aromatic carbocycles. The van der Waals surface area contributed by atoms with Crippen LogP contribution in [0.4, 0.5) is 0 Å². The third kappa shape index (κ3) is 5.10. The smallest absolute Gasteiger partial charge is 0.226 e. The maximum atomic E-state index is 9.37. The maximum Gasteiger partial charge on any atom is 0.266 e. The van der Waals surface area contributed by atoms with Crippen LogP contribution in [-0.2, 0) is 0 Å². The summed E-state index contributed by atoms with van der Waals surface area (Å²) in [6.45, 7) is 29.4. The van der Waals surface area contributed by atoms with Gasteiger partial charge in [-0.05, 0) is 39.0 Å². The Morgan fingerprint density at radius 3 is 1.36 bits per heavy atom. The molecule has 2 rings (SSSR count). The monoisotopic (exact) mass is 370 g/mol. The molecule has 1 aliphatic carbocycles. The molecule has 4 nitrogen and oxygen atoms in total. The van der Waals surface area contributed by atoms with Gasteiger partial charge in [0.25, 0.3) is 11.4 Å². The number of rotatable bonds is 0. The highest BCUT2D eigenvalue weighted by molar-refractivity contribution is 5.99. The molecular formula is C24H26N4. The Kier molecular flexibility index (Phi) is 6.94. The van der Waals surface area contributed by atoms with Crippen molar-refractivity contribution in [1.82, 2.24) is 0 Å². The molecule has 1 aromatic rings. The largest absolute Gasteiger partial charge is 0.266 e. The molecule has 0 heterocycles.